The largest absolute Gasteiger partial charge is 0.285 e. The first-order valence-corrected chi connectivity index (χ1v) is 6.03. The zero-order valence-corrected chi connectivity index (χ0v) is 8.61. The summed E-state index contributed by atoms with van der Waals surface area (Å²) in [5.74, 6) is 0. The van der Waals surface area contributed by atoms with Gasteiger partial charge >= 0.3 is 0 Å². The quantitative estimate of drug-likeness (QED) is 0.553. The van der Waals surface area contributed by atoms with Crippen LogP contribution in [0.15, 0.2) is 0 Å². The Hall–Kier alpha value is 0.490. The molecule has 3 atom stereocenters. The van der Waals surface area contributed by atoms with Gasteiger partial charge in [-0.3, -0.25) is 4.55 Å². The van der Waals surface area contributed by atoms with Gasteiger partial charge in [0.2, 0.25) is 0 Å². The summed E-state index contributed by atoms with van der Waals surface area (Å²) in [5.41, 5.74) is 0. The fraction of sp³-hybridized carbons (Fsp3) is 1.00. The van der Waals surface area contributed by atoms with Crippen LogP contribution in [0.3, 0.4) is 0 Å². The summed E-state index contributed by atoms with van der Waals surface area (Å²) in [7, 11) is -3.93. The third-order valence-electron chi connectivity index (χ3n) is 2.07. The van der Waals surface area contributed by atoms with E-state index in [1.807, 2.05) is 0 Å². The highest BCUT2D eigenvalue weighted by Crippen LogP contribution is 2.30. The summed E-state index contributed by atoms with van der Waals surface area (Å²) in [5, 5.41) is -1.26. The van der Waals surface area contributed by atoms with Crippen LogP contribution in [-0.4, -0.2) is 29.0 Å². The Balaban J connectivity index is 2.64. The van der Waals surface area contributed by atoms with Gasteiger partial charge < -0.3 is 0 Å². The molecule has 3 nitrogen and oxygen atoms in total. The number of hydrogen-bond donors (Lipinski definition) is 1. The first-order valence-electron chi connectivity index (χ1n) is 3.65. The first kappa shape index (κ1) is 10.6. The number of hydrogen-bond acceptors (Lipinski definition) is 2. The Bertz CT molecular complexity index is 252. The molecule has 0 aromatic rings. The van der Waals surface area contributed by atoms with Crippen molar-refractivity contribution in [3.8, 4) is 0 Å². The normalized spacial score (nSPS) is 38.1. The fourth-order valence-electron chi connectivity index (χ4n) is 1.31. The van der Waals surface area contributed by atoms with Crippen LogP contribution in [0.25, 0.3) is 0 Å². The molecule has 0 spiro atoms. The highest BCUT2D eigenvalue weighted by Gasteiger charge is 2.34. The number of rotatable bonds is 1. The van der Waals surface area contributed by atoms with Gasteiger partial charge in [-0.1, -0.05) is 0 Å². The van der Waals surface area contributed by atoms with Crippen LogP contribution in [0.1, 0.15) is 19.3 Å². The lowest BCUT2D eigenvalue weighted by atomic mass is 9.99. The lowest BCUT2D eigenvalue weighted by Gasteiger charge is -2.26. The van der Waals surface area contributed by atoms with E-state index in [0.29, 0.717) is 12.8 Å². The molecule has 1 rings (SSSR count). The zero-order chi connectivity index (χ0) is 9.35. The number of alkyl halides is 2. The average molecular weight is 233 g/mol. The monoisotopic (exact) mass is 232 g/mol. The molecule has 0 radical (unpaired) electrons. The van der Waals surface area contributed by atoms with Crippen LogP contribution in [-0.2, 0) is 10.1 Å². The van der Waals surface area contributed by atoms with Crippen molar-refractivity contribution in [3.63, 3.8) is 0 Å². The molecule has 1 aliphatic rings. The van der Waals surface area contributed by atoms with E-state index in [2.05, 4.69) is 0 Å². The summed E-state index contributed by atoms with van der Waals surface area (Å²) in [6, 6.07) is 0. The summed E-state index contributed by atoms with van der Waals surface area (Å²) >= 11 is 11.5. The lowest BCUT2D eigenvalue weighted by Crippen LogP contribution is -2.33. The molecule has 0 amide bonds. The molecule has 1 fully saturated rings. The third-order valence-corrected chi connectivity index (χ3v) is 4.47. The molecule has 0 bridgehead atoms. The third kappa shape index (κ3) is 2.49. The molecule has 0 saturated heterocycles. The average Bonchev–Trinajstić information content (AvgIpc) is 1.92. The highest BCUT2D eigenvalue weighted by atomic mass is 35.5. The Kier molecular flexibility index (Phi) is 3.26. The molecule has 1 saturated carbocycles. The molecule has 3 unspecified atom stereocenters. The maximum atomic E-state index is 10.7. The van der Waals surface area contributed by atoms with Crippen molar-refractivity contribution < 1.29 is 13.0 Å². The second-order valence-electron chi connectivity index (χ2n) is 2.98. The van der Waals surface area contributed by atoms with E-state index in [0.717, 1.165) is 0 Å². The van der Waals surface area contributed by atoms with E-state index < -0.39 is 15.4 Å². The summed E-state index contributed by atoms with van der Waals surface area (Å²) in [6.07, 6.45) is 1.19. The van der Waals surface area contributed by atoms with Gasteiger partial charge in [0.25, 0.3) is 10.1 Å². The first-order chi connectivity index (χ1) is 5.41. The van der Waals surface area contributed by atoms with E-state index in [4.69, 9.17) is 27.8 Å². The molecule has 6 heteroatoms. The minimum atomic E-state index is -3.93. The molecule has 0 heterocycles. The maximum Gasteiger partial charge on any atom is 0.267 e. The van der Waals surface area contributed by atoms with Crippen LogP contribution in [0.2, 0.25) is 0 Å². The Morgan fingerprint density at radius 2 is 1.75 bits per heavy atom. The maximum absolute atomic E-state index is 10.7. The van der Waals surface area contributed by atoms with E-state index in [1.54, 1.807) is 0 Å². The zero-order valence-electron chi connectivity index (χ0n) is 6.28. The van der Waals surface area contributed by atoms with E-state index in [-0.39, 0.29) is 17.2 Å². The van der Waals surface area contributed by atoms with Crippen molar-refractivity contribution in [1.29, 1.82) is 0 Å². The van der Waals surface area contributed by atoms with Crippen molar-refractivity contribution in [2.24, 2.45) is 0 Å². The van der Waals surface area contributed by atoms with E-state index in [9.17, 15) is 8.42 Å². The Labute approximate surface area is 81.8 Å². The van der Waals surface area contributed by atoms with Crippen molar-refractivity contribution in [2.75, 3.05) is 0 Å². The van der Waals surface area contributed by atoms with Crippen LogP contribution in [0, 0.1) is 0 Å². The topological polar surface area (TPSA) is 54.4 Å². The SMILES string of the molecule is O=S(=O)(O)C1CCC(Cl)C(Cl)C1. The van der Waals surface area contributed by atoms with Crippen molar-refractivity contribution in [2.45, 2.75) is 35.3 Å². The standard InChI is InChI=1S/C6H10Cl2O3S/c7-5-2-1-4(3-6(5)8)12(9,10)11/h4-6H,1-3H2,(H,9,10,11). The van der Waals surface area contributed by atoms with Crippen LogP contribution in [0.5, 0.6) is 0 Å². The second-order valence-corrected chi connectivity index (χ2v) is 5.80. The molecule has 72 valence electrons. The number of halogens is 2. The summed E-state index contributed by atoms with van der Waals surface area (Å²) in [6.45, 7) is 0. The minimum absolute atomic E-state index is 0.176. The van der Waals surface area contributed by atoms with Gasteiger partial charge in [0.05, 0.1) is 16.0 Å². The lowest BCUT2D eigenvalue weighted by molar-refractivity contribution is 0.430. The van der Waals surface area contributed by atoms with Gasteiger partial charge in [-0.05, 0) is 19.3 Å². The highest BCUT2D eigenvalue weighted by molar-refractivity contribution is 7.86. The predicted molar refractivity (Wildman–Crippen MR) is 48.5 cm³/mol. The molecule has 0 aliphatic heterocycles. The smallest absolute Gasteiger partial charge is 0.267 e. The van der Waals surface area contributed by atoms with Crippen LogP contribution < -0.4 is 0 Å². The molecule has 12 heavy (non-hydrogen) atoms. The van der Waals surface area contributed by atoms with Crippen molar-refractivity contribution in [1.82, 2.24) is 0 Å². The van der Waals surface area contributed by atoms with Crippen LogP contribution >= 0.6 is 23.2 Å². The molecular formula is C6H10Cl2O3S. The summed E-state index contributed by atoms with van der Waals surface area (Å²) < 4.78 is 30.1. The van der Waals surface area contributed by atoms with Gasteiger partial charge in [-0.2, -0.15) is 8.42 Å². The van der Waals surface area contributed by atoms with Gasteiger partial charge in [-0.25, -0.2) is 0 Å². The Morgan fingerprint density at radius 3 is 2.17 bits per heavy atom. The second kappa shape index (κ2) is 3.70. The van der Waals surface area contributed by atoms with Gasteiger partial charge in [0, 0.05) is 0 Å². The molecule has 1 N–H and O–H groups in total. The molecule has 0 aromatic carbocycles. The van der Waals surface area contributed by atoms with Gasteiger partial charge in [0.1, 0.15) is 0 Å². The Morgan fingerprint density at radius 1 is 1.17 bits per heavy atom. The molecule has 1 aliphatic carbocycles. The van der Waals surface area contributed by atoms with Crippen LogP contribution in [0.4, 0.5) is 0 Å². The molecular weight excluding hydrogens is 223 g/mol. The fourth-order valence-corrected chi connectivity index (χ4v) is 2.87. The predicted octanol–water partition coefficient (Wildman–Crippen LogP) is 1.64. The minimum Gasteiger partial charge on any atom is -0.285 e. The van der Waals surface area contributed by atoms with Crippen molar-refractivity contribution >= 4 is 33.3 Å². The van der Waals surface area contributed by atoms with E-state index >= 15 is 0 Å². The van der Waals surface area contributed by atoms with Gasteiger partial charge in [-0.15, -0.1) is 23.2 Å². The van der Waals surface area contributed by atoms with Crippen molar-refractivity contribution in [3.05, 3.63) is 0 Å². The molecule has 0 aromatic heterocycles. The van der Waals surface area contributed by atoms with Gasteiger partial charge in [0.15, 0.2) is 0 Å². The van der Waals surface area contributed by atoms with E-state index in [1.165, 1.54) is 0 Å². The summed E-state index contributed by atoms with van der Waals surface area (Å²) in [4.78, 5) is 0.